The van der Waals surface area contributed by atoms with Crippen molar-refractivity contribution in [3.63, 3.8) is 0 Å². The van der Waals surface area contributed by atoms with Gasteiger partial charge >= 0.3 is 0 Å². The summed E-state index contributed by atoms with van der Waals surface area (Å²) in [5, 5.41) is 3.96. The summed E-state index contributed by atoms with van der Waals surface area (Å²) in [5.41, 5.74) is 3.70. The molecule has 0 bridgehead atoms. The number of amidine groups is 1. The molecule has 1 unspecified atom stereocenters. The van der Waals surface area contributed by atoms with Gasteiger partial charge in [-0.25, -0.2) is 0 Å². The number of benzene rings is 1. The highest BCUT2D eigenvalue weighted by Gasteiger charge is 2.18. The molecule has 2 aliphatic rings. The molecule has 5 nitrogen and oxygen atoms in total. The molecule has 0 saturated heterocycles. The van der Waals surface area contributed by atoms with E-state index in [-0.39, 0.29) is 5.91 Å². The highest BCUT2D eigenvalue weighted by molar-refractivity contribution is 8.14. The number of ether oxygens (including phenoxy) is 1. The van der Waals surface area contributed by atoms with E-state index in [4.69, 9.17) is 4.74 Å². The number of aliphatic imine (C=N–C) groups is 1. The van der Waals surface area contributed by atoms with Gasteiger partial charge in [0.25, 0.3) is 5.91 Å². The van der Waals surface area contributed by atoms with Crippen molar-refractivity contribution in [3.8, 4) is 16.9 Å². The van der Waals surface area contributed by atoms with Gasteiger partial charge in [0, 0.05) is 29.6 Å². The molecular formula is C18H17N3O2S. The fourth-order valence-corrected chi connectivity index (χ4v) is 3.63. The minimum atomic E-state index is -0.172. The molecule has 4 rings (SSSR count). The van der Waals surface area contributed by atoms with Crippen molar-refractivity contribution in [3.05, 3.63) is 47.8 Å². The van der Waals surface area contributed by atoms with Crippen LogP contribution in [0.25, 0.3) is 11.1 Å². The smallest absolute Gasteiger partial charge is 0.258 e. The van der Waals surface area contributed by atoms with Crippen LogP contribution in [-0.4, -0.2) is 34.5 Å². The Labute approximate surface area is 144 Å². The van der Waals surface area contributed by atoms with Gasteiger partial charge in [-0.2, -0.15) is 0 Å². The van der Waals surface area contributed by atoms with Gasteiger partial charge in [0.1, 0.15) is 5.75 Å². The third-order valence-corrected chi connectivity index (χ3v) is 5.05. The van der Waals surface area contributed by atoms with Crippen molar-refractivity contribution >= 4 is 22.8 Å². The lowest BCUT2D eigenvalue weighted by atomic mass is 10.0. The SMILES string of the molecule is CC1CN=C(NC(=O)c2cncc(-c3ccc4c(c3)CCO4)c2)S1. The number of carbonyl (C=O) groups excluding carboxylic acids is 1. The summed E-state index contributed by atoms with van der Waals surface area (Å²) >= 11 is 1.59. The third kappa shape index (κ3) is 3.01. The zero-order valence-corrected chi connectivity index (χ0v) is 14.1. The van der Waals surface area contributed by atoms with Crippen LogP contribution < -0.4 is 10.1 Å². The minimum Gasteiger partial charge on any atom is -0.493 e. The molecule has 1 N–H and O–H groups in total. The van der Waals surface area contributed by atoms with E-state index in [1.807, 2.05) is 18.2 Å². The van der Waals surface area contributed by atoms with Gasteiger partial charge in [-0.05, 0) is 29.3 Å². The average molecular weight is 339 g/mol. The van der Waals surface area contributed by atoms with Crippen LogP contribution in [0.4, 0.5) is 0 Å². The monoisotopic (exact) mass is 339 g/mol. The fourth-order valence-electron chi connectivity index (χ4n) is 2.80. The van der Waals surface area contributed by atoms with Gasteiger partial charge < -0.3 is 10.1 Å². The van der Waals surface area contributed by atoms with Crippen LogP contribution >= 0.6 is 11.8 Å². The second kappa shape index (κ2) is 6.28. The largest absolute Gasteiger partial charge is 0.493 e. The lowest BCUT2D eigenvalue weighted by Crippen LogP contribution is -2.27. The van der Waals surface area contributed by atoms with Gasteiger partial charge in [-0.3, -0.25) is 14.8 Å². The summed E-state index contributed by atoms with van der Waals surface area (Å²) in [7, 11) is 0. The van der Waals surface area contributed by atoms with Crippen molar-refractivity contribution in [2.75, 3.05) is 13.2 Å². The van der Waals surface area contributed by atoms with E-state index in [1.54, 1.807) is 24.2 Å². The van der Waals surface area contributed by atoms with Crippen molar-refractivity contribution in [1.29, 1.82) is 0 Å². The Morgan fingerprint density at radius 2 is 2.21 bits per heavy atom. The average Bonchev–Trinajstić information content (AvgIpc) is 3.23. The molecular weight excluding hydrogens is 322 g/mol. The maximum Gasteiger partial charge on any atom is 0.258 e. The molecule has 24 heavy (non-hydrogen) atoms. The maximum atomic E-state index is 12.4. The molecule has 6 heteroatoms. The Morgan fingerprint density at radius 3 is 3.04 bits per heavy atom. The van der Waals surface area contributed by atoms with Gasteiger partial charge in [0.15, 0.2) is 5.17 Å². The first kappa shape index (κ1) is 15.2. The van der Waals surface area contributed by atoms with Crippen molar-refractivity contribution in [1.82, 2.24) is 10.3 Å². The van der Waals surface area contributed by atoms with Gasteiger partial charge in [-0.1, -0.05) is 24.8 Å². The van der Waals surface area contributed by atoms with E-state index in [2.05, 4.69) is 28.3 Å². The number of amides is 1. The summed E-state index contributed by atoms with van der Waals surface area (Å²) in [5.74, 6) is 0.778. The molecule has 1 aromatic carbocycles. The Hall–Kier alpha value is -2.34. The summed E-state index contributed by atoms with van der Waals surface area (Å²) in [4.78, 5) is 21.0. The molecule has 0 spiro atoms. The summed E-state index contributed by atoms with van der Waals surface area (Å²) in [6.45, 7) is 3.57. The van der Waals surface area contributed by atoms with Crippen LogP contribution in [0, 0.1) is 0 Å². The van der Waals surface area contributed by atoms with Crippen LogP contribution in [-0.2, 0) is 6.42 Å². The number of thioether (sulfide) groups is 1. The first-order chi connectivity index (χ1) is 11.7. The minimum absolute atomic E-state index is 0.172. The molecule has 0 fully saturated rings. The number of fused-ring (bicyclic) bond motifs is 1. The fraction of sp³-hybridized carbons (Fsp3) is 0.278. The zero-order chi connectivity index (χ0) is 16.5. The van der Waals surface area contributed by atoms with Crippen molar-refractivity contribution in [2.45, 2.75) is 18.6 Å². The van der Waals surface area contributed by atoms with Crippen molar-refractivity contribution < 1.29 is 9.53 Å². The lowest BCUT2D eigenvalue weighted by molar-refractivity contribution is 0.0977. The van der Waals surface area contributed by atoms with E-state index in [9.17, 15) is 4.79 Å². The predicted molar refractivity (Wildman–Crippen MR) is 95.7 cm³/mol. The van der Waals surface area contributed by atoms with Gasteiger partial charge in [0.2, 0.25) is 0 Å². The van der Waals surface area contributed by atoms with Crippen LogP contribution in [0.2, 0.25) is 0 Å². The van der Waals surface area contributed by atoms with Crippen LogP contribution in [0.3, 0.4) is 0 Å². The molecule has 1 amide bonds. The number of hydrogen-bond donors (Lipinski definition) is 1. The third-order valence-electron chi connectivity index (χ3n) is 4.05. The van der Waals surface area contributed by atoms with E-state index in [0.29, 0.717) is 16.0 Å². The first-order valence-electron chi connectivity index (χ1n) is 7.92. The van der Waals surface area contributed by atoms with E-state index < -0.39 is 0 Å². The second-order valence-corrected chi connectivity index (χ2v) is 7.34. The van der Waals surface area contributed by atoms with Gasteiger partial charge in [-0.15, -0.1) is 0 Å². The van der Waals surface area contributed by atoms with Crippen molar-refractivity contribution in [2.24, 2.45) is 4.99 Å². The topological polar surface area (TPSA) is 63.6 Å². The molecule has 0 aliphatic carbocycles. The Kier molecular flexibility index (Phi) is 3.98. The lowest BCUT2D eigenvalue weighted by Gasteiger charge is -2.08. The first-order valence-corrected chi connectivity index (χ1v) is 8.80. The Bertz CT molecular complexity index is 835. The standard InChI is InChI=1S/C18H17N3O2S/c1-11-8-20-18(24-11)21-17(22)15-7-14(9-19-10-15)12-2-3-16-13(6-12)4-5-23-16/h2-3,6-7,9-11H,4-5,8H2,1H3,(H,20,21,22). The summed E-state index contributed by atoms with van der Waals surface area (Å²) in [6, 6.07) is 7.96. The Morgan fingerprint density at radius 1 is 1.29 bits per heavy atom. The number of hydrogen-bond acceptors (Lipinski definition) is 5. The predicted octanol–water partition coefficient (Wildman–Crippen LogP) is 2.90. The number of pyridine rings is 1. The second-order valence-electron chi connectivity index (χ2n) is 5.91. The molecule has 1 aromatic heterocycles. The summed E-state index contributed by atoms with van der Waals surface area (Å²) < 4.78 is 5.54. The molecule has 1 atom stereocenters. The summed E-state index contributed by atoms with van der Waals surface area (Å²) in [6.07, 6.45) is 4.28. The van der Waals surface area contributed by atoms with E-state index >= 15 is 0 Å². The van der Waals surface area contributed by atoms with E-state index in [0.717, 1.165) is 36.4 Å². The van der Waals surface area contributed by atoms with Gasteiger partial charge in [0.05, 0.1) is 18.7 Å². The highest BCUT2D eigenvalue weighted by atomic mass is 32.2. The number of nitrogens with zero attached hydrogens (tertiary/aromatic N) is 2. The maximum absolute atomic E-state index is 12.4. The quantitative estimate of drug-likeness (QED) is 0.914. The number of nitrogens with one attached hydrogen (secondary N) is 1. The number of rotatable bonds is 2. The van der Waals surface area contributed by atoms with Crippen LogP contribution in [0.1, 0.15) is 22.8 Å². The molecule has 0 saturated carbocycles. The molecule has 2 aromatic rings. The zero-order valence-electron chi connectivity index (χ0n) is 13.3. The molecule has 122 valence electrons. The number of aromatic nitrogens is 1. The number of carbonyl (C=O) groups is 1. The molecule has 2 aliphatic heterocycles. The van der Waals surface area contributed by atoms with Crippen LogP contribution in [0.15, 0.2) is 41.7 Å². The van der Waals surface area contributed by atoms with Crippen LogP contribution in [0.5, 0.6) is 5.75 Å². The molecule has 3 heterocycles. The molecule has 0 radical (unpaired) electrons. The highest BCUT2D eigenvalue weighted by Crippen LogP contribution is 2.30. The Balaban J connectivity index is 1.56. The normalized spacial score (nSPS) is 18.7. The van der Waals surface area contributed by atoms with E-state index in [1.165, 1.54) is 5.56 Å².